The fourth-order valence-corrected chi connectivity index (χ4v) is 1.85. The minimum absolute atomic E-state index is 0.0305. The van der Waals surface area contributed by atoms with Gasteiger partial charge in [0.2, 0.25) is 11.8 Å². The molecule has 1 aromatic carbocycles. The molecule has 0 radical (unpaired) electrons. The third-order valence-corrected chi connectivity index (χ3v) is 2.74. The zero-order chi connectivity index (χ0) is 15.1. The number of imide groups is 1. The molecule has 0 spiro atoms. The summed E-state index contributed by atoms with van der Waals surface area (Å²) in [6, 6.07) is 9.25. The Balaban J connectivity index is 1.82. The molecule has 7 nitrogen and oxygen atoms in total. The van der Waals surface area contributed by atoms with Gasteiger partial charge in [0.15, 0.2) is 0 Å². The van der Waals surface area contributed by atoms with Gasteiger partial charge in [0.1, 0.15) is 6.54 Å². The second-order valence-electron chi connectivity index (χ2n) is 4.57. The molecule has 0 unspecified atom stereocenters. The molecular formula is C14H17N5O2. The predicted molar refractivity (Wildman–Crippen MR) is 76.1 cm³/mol. The summed E-state index contributed by atoms with van der Waals surface area (Å²) in [7, 11) is 1.80. The van der Waals surface area contributed by atoms with E-state index in [9.17, 15) is 9.59 Å². The van der Waals surface area contributed by atoms with Crippen LogP contribution in [0.4, 0.5) is 0 Å². The van der Waals surface area contributed by atoms with Crippen LogP contribution < -0.4 is 10.6 Å². The molecule has 2 N–H and O–H groups in total. The highest BCUT2D eigenvalue weighted by Crippen LogP contribution is 1.99. The van der Waals surface area contributed by atoms with Crippen molar-refractivity contribution in [3.8, 4) is 0 Å². The molecule has 1 heterocycles. The molecule has 0 aliphatic heterocycles. The molecule has 0 atom stereocenters. The summed E-state index contributed by atoms with van der Waals surface area (Å²) in [6.45, 7) is 0.547. The molecule has 2 rings (SSSR count). The first kappa shape index (κ1) is 14.9. The van der Waals surface area contributed by atoms with Gasteiger partial charge in [-0.05, 0) is 12.6 Å². The van der Waals surface area contributed by atoms with E-state index in [1.807, 2.05) is 30.3 Å². The largest absolute Gasteiger partial charge is 0.314 e. The SMILES string of the molecule is CNCc1cn(CC(=O)NC(=O)Cc2ccccc2)nn1. The maximum atomic E-state index is 11.7. The molecule has 0 saturated carbocycles. The van der Waals surface area contributed by atoms with Gasteiger partial charge in [-0.1, -0.05) is 35.5 Å². The van der Waals surface area contributed by atoms with Crippen LogP contribution >= 0.6 is 0 Å². The number of carbonyl (C=O) groups excluding carboxylic acids is 2. The van der Waals surface area contributed by atoms with Gasteiger partial charge in [-0.2, -0.15) is 0 Å². The van der Waals surface area contributed by atoms with Crippen molar-refractivity contribution in [2.75, 3.05) is 7.05 Å². The number of aromatic nitrogens is 3. The molecule has 0 aliphatic carbocycles. The smallest absolute Gasteiger partial charge is 0.248 e. The number of carbonyl (C=O) groups is 2. The standard InChI is InChI=1S/C14H17N5O2/c1-15-8-12-9-19(18-17-12)10-14(21)16-13(20)7-11-5-3-2-4-6-11/h2-6,9,15H,7-8,10H2,1H3,(H,16,20,21). The molecule has 0 fully saturated rings. The van der Waals surface area contributed by atoms with Gasteiger partial charge in [0.05, 0.1) is 18.3 Å². The average Bonchev–Trinajstić information content (AvgIpc) is 2.87. The minimum Gasteiger partial charge on any atom is -0.314 e. The molecule has 21 heavy (non-hydrogen) atoms. The van der Waals surface area contributed by atoms with E-state index in [-0.39, 0.29) is 18.9 Å². The normalized spacial score (nSPS) is 10.3. The van der Waals surface area contributed by atoms with E-state index >= 15 is 0 Å². The first-order valence-corrected chi connectivity index (χ1v) is 6.57. The Morgan fingerprint density at radius 1 is 1.19 bits per heavy atom. The molecule has 0 saturated heterocycles. The Morgan fingerprint density at radius 3 is 2.67 bits per heavy atom. The number of hydrogen-bond donors (Lipinski definition) is 2. The van der Waals surface area contributed by atoms with Crippen molar-refractivity contribution < 1.29 is 9.59 Å². The second-order valence-corrected chi connectivity index (χ2v) is 4.57. The molecule has 110 valence electrons. The molecule has 0 aliphatic rings. The van der Waals surface area contributed by atoms with Gasteiger partial charge >= 0.3 is 0 Å². The Hall–Kier alpha value is -2.54. The van der Waals surface area contributed by atoms with E-state index in [1.54, 1.807) is 13.2 Å². The van der Waals surface area contributed by atoms with Gasteiger partial charge < -0.3 is 5.32 Å². The lowest BCUT2D eigenvalue weighted by atomic mass is 10.1. The molecule has 1 aromatic heterocycles. The number of nitrogens with one attached hydrogen (secondary N) is 2. The van der Waals surface area contributed by atoms with Gasteiger partial charge in [0.25, 0.3) is 0 Å². The molecule has 0 bridgehead atoms. The predicted octanol–water partition coefficient (Wildman–Crippen LogP) is -0.117. The van der Waals surface area contributed by atoms with E-state index in [2.05, 4.69) is 20.9 Å². The van der Waals surface area contributed by atoms with Crippen LogP contribution in [0.5, 0.6) is 0 Å². The van der Waals surface area contributed by atoms with Crippen molar-refractivity contribution in [3.05, 3.63) is 47.8 Å². The first-order chi connectivity index (χ1) is 10.2. The van der Waals surface area contributed by atoms with Crippen LogP contribution in [0.25, 0.3) is 0 Å². The maximum absolute atomic E-state index is 11.7. The Morgan fingerprint density at radius 2 is 1.95 bits per heavy atom. The summed E-state index contributed by atoms with van der Waals surface area (Å²) in [4.78, 5) is 23.5. The third kappa shape index (κ3) is 4.81. The number of nitrogens with zero attached hydrogens (tertiary/aromatic N) is 3. The van der Waals surface area contributed by atoms with Crippen molar-refractivity contribution in [3.63, 3.8) is 0 Å². The Bertz CT molecular complexity index is 609. The summed E-state index contributed by atoms with van der Waals surface area (Å²) < 4.78 is 1.40. The summed E-state index contributed by atoms with van der Waals surface area (Å²) in [5.41, 5.74) is 1.60. The second kappa shape index (κ2) is 7.30. The third-order valence-electron chi connectivity index (χ3n) is 2.74. The zero-order valence-electron chi connectivity index (χ0n) is 11.7. The summed E-state index contributed by atoms with van der Waals surface area (Å²) >= 11 is 0. The number of rotatable bonds is 6. The van der Waals surface area contributed by atoms with Crippen molar-refractivity contribution in [2.45, 2.75) is 19.5 Å². The first-order valence-electron chi connectivity index (χ1n) is 6.57. The van der Waals surface area contributed by atoms with Gasteiger partial charge in [-0.25, -0.2) is 4.68 Å². The van der Waals surface area contributed by atoms with Crippen molar-refractivity contribution in [1.29, 1.82) is 0 Å². The van der Waals surface area contributed by atoms with E-state index in [4.69, 9.17) is 0 Å². The van der Waals surface area contributed by atoms with Gasteiger partial charge in [-0.15, -0.1) is 5.10 Å². The lowest BCUT2D eigenvalue weighted by molar-refractivity contribution is -0.130. The van der Waals surface area contributed by atoms with Crippen LogP contribution in [0.15, 0.2) is 36.5 Å². The maximum Gasteiger partial charge on any atom is 0.248 e. The Labute approximate surface area is 122 Å². The topological polar surface area (TPSA) is 88.9 Å². The highest BCUT2D eigenvalue weighted by atomic mass is 16.2. The monoisotopic (exact) mass is 287 g/mol. The van der Waals surface area contributed by atoms with E-state index < -0.39 is 5.91 Å². The van der Waals surface area contributed by atoms with Gasteiger partial charge in [-0.3, -0.25) is 14.9 Å². The van der Waals surface area contributed by atoms with Crippen LogP contribution in [0.3, 0.4) is 0 Å². The summed E-state index contributed by atoms with van der Waals surface area (Å²) in [5.74, 6) is -0.737. The van der Waals surface area contributed by atoms with E-state index in [0.717, 1.165) is 11.3 Å². The van der Waals surface area contributed by atoms with Crippen LogP contribution in [0.2, 0.25) is 0 Å². The number of hydrogen-bond acceptors (Lipinski definition) is 5. The minimum atomic E-state index is -0.406. The van der Waals surface area contributed by atoms with Crippen LogP contribution in [-0.2, 0) is 29.1 Å². The van der Waals surface area contributed by atoms with Crippen LogP contribution in [0, 0.1) is 0 Å². The van der Waals surface area contributed by atoms with Crippen molar-refractivity contribution in [1.82, 2.24) is 25.6 Å². The van der Waals surface area contributed by atoms with Crippen molar-refractivity contribution >= 4 is 11.8 Å². The fraction of sp³-hybridized carbons (Fsp3) is 0.286. The van der Waals surface area contributed by atoms with E-state index in [1.165, 1.54) is 4.68 Å². The average molecular weight is 287 g/mol. The lowest BCUT2D eigenvalue weighted by Crippen LogP contribution is -2.34. The summed E-state index contributed by atoms with van der Waals surface area (Å²) in [6.07, 6.45) is 1.84. The van der Waals surface area contributed by atoms with Gasteiger partial charge in [0, 0.05) is 6.54 Å². The quantitative estimate of drug-likeness (QED) is 0.773. The van der Waals surface area contributed by atoms with Crippen LogP contribution in [-0.4, -0.2) is 33.9 Å². The highest BCUT2D eigenvalue weighted by molar-refractivity contribution is 5.95. The highest BCUT2D eigenvalue weighted by Gasteiger charge is 2.10. The van der Waals surface area contributed by atoms with E-state index in [0.29, 0.717) is 6.54 Å². The van der Waals surface area contributed by atoms with Crippen LogP contribution in [0.1, 0.15) is 11.3 Å². The Kier molecular flexibility index (Phi) is 5.16. The van der Waals surface area contributed by atoms with Crippen molar-refractivity contribution in [2.24, 2.45) is 0 Å². The molecular weight excluding hydrogens is 270 g/mol. The molecule has 2 aromatic rings. The zero-order valence-corrected chi connectivity index (χ0v) is 11.7. The number of benzene rings is 1. The fourth-order valence-electron chi connectivity index (χ4n) is 1.85. The molecule has 2 amide bonds. The summed E-state index contributed by atoms with van der Waals surface area (Å²) in [5, 5.41) is 13.0. The lowest BCUT2D eigenvalue weighted by Gasteiger charge is -2.04. The number of amides is 2. The molecule has 7 heteroatoms.